The number of carbonyl (C=O) groups excluding carboxylic acids is 1. The molecule has 0 aromatic carbocycles. The van der Waals surface area contributed by atoms with E-state index in [1.54, 1.807) is 0 Å². The minimum atomic E-state index is -0.155. The van der Waals surface area contributed by atoms with E-state index in [-0.39, 0.29) is 31.2 Å². The third-order valence-electron chi connectivity index (χ3n) is 3.21. The number of terminal acetylenes is 1. The third kappa shape index (κ3) is 4.65. The Morgan fingerprint density at radius 1 is 1.61 bits per heavy atom. The molecular weight excluding hydrogens is 232 g/mol. The molecule has 1 aliphatic heterocycles. The fourth-order valence-electron chi connectivity index (χ4n) is 2.10. The van der Waals surface area contributed by atoms with Crippen LogP contribution in [0.1, 0.15) is 19.8 Å². The van der Waals surface area contributed by atoms with Crippen LogP contribution in [-0.4, -0.2) is 60.9 Å². The monoisotopic (exact) mass is 254 g/mol. The second kappa shape index (κ2) is 8.09. The number of carbonyl (C=O) groups is 1. The Morgan fingerprint density at radius 2 is 2.28 bits per heavy atom. The first-order valence-corrected chi connectivity index (χ1v) is 6.36. The molecule has 1 aliphatic rings. The third-order valence-corrected chi connectivity index (χ3v) is 3.21. The second-order valence-corrected chi connectivity index (χ2v) is 4.43. The molecule has 1 rings (SSSR count). The highest BCUT2D eigenvalue weighted by atomic mass is 16.5. The van der Waals surface area contributed by atoms with Crippen LogP contribution in [-0.2, 0) is 9.53 Å². The molecule has 0 spiro atoms. The van der Waals surface area contributed by atoms with E-state index in [9.17, 15) is 4.79 Å². The summed E-state index contributed by atoms with van der Waals surface area (Å²) in [4.78, 5) is 13.9. The number of piperidine rings is 1. The number of amides is 1. The van der Waals surface area contributed by atoms with Crippen LogP contribution in [0.5, 0.6) is 0 Å². The Morgan fingerprint density at radius 3 is 2.83 bits per heavy atom. The van der Waals surface area contributed by atoms with Crippen LogP contribution in [0.4, 0.5) is 0 Å². The van der Waals surface area contributed by atoms with Gasteiger partial charge in [0.15, 0.2) is 0 Å². The standard InChI is InChI=1S/C13H22N2O3/c1-3-6-14-13(17)11(2)15-7-4-12(5-8-15)18-10-9-16/h1,11-12,16H,4-10H2,2H3,(H,14,17). The Bertz CT molecular complexity index is 293. The fraction of sp³-hybridized carbons (Fsp3) is 0.769. The summed E-state index contributed by atoms with van der Waals surface area (Å²) in [6.45, 7) is 4.29. The molecule has 0 saturated carbocycles. The Kier molecular flexibility index (Phi) is 6.73. The average molecular weight is 254 g/mol. The molecule has 5 nitrogen and oxygen atoms in total. The minimum absolute atomic E-state index is 0.0253. The molecule has 1 unspecified atom stereocenters. The zero-order valence-electron chi connectivity index (χ0n) is 10.9. The van der Waals surface area contributed by atoms with Crippen molar-refractivity contribution >= 4 is 5.91 Å². The first kappa shape index (κ1) is 15.0. The van der Waals surface area contributed by atoms with Crippen molar-refractivity contribution < 1.29 is 14.6 Å². The first-order chi connectivity index (χ1) is 8.69. The topological polar surface area (TPSA) is 61.8 Å². The maximum absolute atomic E-state index is 11.7. The van der Waals surface area contributed by atoms with E-state index in [1.807, 2.05) is 6.92 Å². The van der Waals surface area contributed by atoms with E-state index in [0.29, 0.717) is 6.61 Å². The van der Waals surface area contributed by atoms with Crippen LogP contribution in [0.15, 0.2) is 0 Å². The van der Waals surface area contributed by atoms with Gasteiger partial charge in [-0.2, -0.15) is 0 Å². The van der Waals surface area contributed by atoms with Gasteiger partial charge in [0.2, 0.25) is 5.91 Å². The van der Waals surface area contributed by atoms with Crippen molar-refractivity contribution in [2.24, 2.45) is 0 Å². The lowest BCUT2D eigenvalue weighted by atomic mass is 10.1. The van der Waals surface area contributed by atoms with Crippen LogP contribution in [0.25, 0.3) is 0 Å². The van der Waals surface area contributed by atoms with E-state index < -0.39 is 0 Å². The molecule has 102 valence electrons. The van der Waals surface area contributed by atoms with E-state index in [0.717, 1.165) is 25.9 Å². The van der Waals surface area contributed by atoms with Gasteiger partial charge in [-0.15, -0.1) is 6.42 Å². The number of nitrogens with zero attached hydrogens (tertiary/aromatic N) is 1. The zero-order valence-corrected chi connectivity index (χ0v) is 10.9. The Balaban J connectivity index is 2.29. The Labute approximate surface area is 108 Å². The predicted octanol–water partition coefficient (Wildman–Crippen LogP) is -0.402. The molecule has 0 bridgehead atoms. The van der Waals surface area contributed by atoms with Crippen LogP contribution in [0.2, 0.25) is 0 Å². The summed E-state index contributed by atoms with van der Waals surface area (Å²) in [6.07, 6.45) is 7.10. The van der Waals surface area contributed by atoms with Gasteiger partial charge in [0, 0.05) is 13.1 Å². The van der Waals surface area contributed by atoms with Crippen molar-refractivity contribution in [2.45, 2.75) is 31.9 Å². The van der Waals surface area contributed by atoms with Crippen molar-refractivity contribution in [2.75, 3.05) is 32.8 Å². The van der Waals surface area contributed by atoms with Crippen LogP contribution < -0.4 is 5.32 Å². The van der Waals surface area contributed by atoms with Gasteiger partial charge >= 0.3 is 0 Å². The molecule has 1 amide bonds. The summed E-state index contributed by atoms with van der Waals surface area (Å²) in [5.74, 6) is 2.37. The smallest absolute Gasteiger partial charge is 0.237 e. The van der Waals surface area contributed by atoms with E-state index in [1.165, 1.54) is 0 Å². The molecule has 18 heavy (non-hydrogen) atoms. The lowest BCUT2D eigenvalue weighted by molar-refractivity contribution is -0.126. The molecule has 0 aliphatic carbocycles. The summed E-state index contributed by atoms with van der Waals surface area (Å²) in [6, 6.07) is -0.155. The molecular formula is C13H22N2O3. The van der Waals surface area contributed by atoms with Crippen LogP contribution >= 0.6 is 0 Å². The predicted molar refractivity (Wildman–Crippen MR) is 68.9 cm³/mol. The van der Waals surface area contributed by atoms with Gasteiger partial charge in [0.05, 0.1) is 31.9 Å². The molecule has 1 saturated heterocycles. The number of likely N-dealkylation sites (tertiary alicyclic amines) is 1. The molecule has 1 atom stereocenters. The summed E-state index contributed by atoms with van der Waals surface area (Å²) in [5.41, 5.74) is 0. The summed E-state index contributed by atoms with van der Waals surface area (Å²) in [7, 11) is 0. The highest BCUT2D eigenvalue weighted by Crippen LogP contribution is 2.15. The second-order valence-electron chi connectivity index (χ2n) is 4.43. The van der Waals surface area contributed by atoms with Gasteiger partial charge in [-0.3, -0.25) is 9.69 Å². The summed E-state index contributed by atoms with van der Waals surface area (Å²) >= 11 is 0. The number of hydrogen-bond acceptors (Lipinski definition) is 4. The largest absolute Gasteiger partial charge is 0.394 e. The number of aliphatic hydroxyl groups excluding tert-OH is 1. The maximum Gasteiger partial charge on any atom is 0.237 e. The quantitative estimate of drug-likeness (QED) is 0.633. The van der Waals surface area contributed by atoms with Crippen molar-refractivity contribution in [3.8, 4) is 12.3 Å². The number of rotatable bonds is 6. The van der Waals surface area contributed by atoms with Crippen molar-refractivity contribution in [1.82, 2.24) is 10.2 Å². The molecule has 5 heteroatoms. The molecule has 2 N–H and O–H groups in total. The van der Waals surface area contributed by atoms with Gasteiger partial charge in [0.1, 0.15) is 0 Å². The van der Waals surface area contributed by atoms with E-state index in [4.69, 9.17) is 16.3 Å². The van der Waals surface area contributed by atoms with E-state index in [2.05, 4.69) is 16.1 Å². The SMILES string of the molecule is C#CCNC(=O)C(C)N1CCC(OCCO)CC1. The van der Waals surface area contributed by atoms with Gasteiger partial charge in [-0.25, -0.2) is 0 Å². The summed E-state index contributed by atoms with van der Waals surface area (Å²) in [5, 5.41) is 11.4. The van der Waals surface area contributed by atoms with Crippen molar-refractivity contribution in [1.29, 1.82) is 0 Å². The molecule has 0 radical (unpaired) electrons. The number of ether oxygens (including phenoxy) is 1. The highest BCUT2D eigenvalue weighted by Gasteiger charge is 2.26. The van der Waals surface area contributed by atoms with E-state index >= 15 is 0 Å². The van der Waals surface area contributed by atoms with Crippen LogP contribution in [0, 0.1) is 12.3 Å². The minimum Gasteiger partial charge on any atom is -0.394 e. The lowest BCUT2D eigenvalue weighted by Gasteiger charge is -2.35. The number of aliphatic hydroxyl groups is 1. The maximum atomic E-state index is 11.7. The highest BCUT2D eigenvalue weighted by molar-refractivity contribution is 5.81. The summed E-state index contributed by atoms with van der Waals surface area (Å²) < 4.78 is 5.48. The molecule has 1 fully saturated rings. The zero-order chi connectivity index (χ0) is 13.4. The fourth-order valence-corrected chi connectivity index (χ4v) is 2.10. The average Bonchev–Trinajstić information content (AvgIpc) is 2.42. The van der Waals surface area contributed by atoms with Crippen molar-refractivity contribution in [3.63, 3.8) is 0 Å². The normalized spacial score (nSPS) is 19.2. The van der Waals surface area contributed by atoms with Crippen LogP contribution in [0.3, 0.4) is 0 Å². The lowest BCUT2D eigenvalue weighted by Crippen LogP contribution is -2.49. The van der Waals surface area contributed by atoms with Gasteiger partial charge in [-0.1, -0.05) is 5.92 Å². The Hall–Kier alpha value is -1.09. The number of nitrogens with one attached hydrogen (secondary N) is 1. The van der Waals surface area contributed by atoms with Gasteiger partial charge < -0.3 is 15.2 Å². The van der Waals surface area contributed by atoms with Gasteiger partial charge in [-0.05, 0) is 19.8 Å². The first-order valence-electron chi connectivity index (χ1n) is 6.36. The number of hydrogen-bond donors (Lipinski definition) is 2. The molecule has 1 heterocycles. The molecule has 0 aromatic heterocycles. The van der Waals surface area contributed by atoms with Crippen molar-refractivity contribution in [3.05, 3.63) is 0 Å². The van der Waals surface area contributed by atoms with Gasteiger partial charge in [0.25, 0.3) is 0 Å². The molecule has 0 aromatic rings.